The zero-order chi connectivity index (χ0) is 23.3. The highest BCUT2D eigenvalue weighted by Gasteiger charge is 2.12. The largest absolute Gasteiger partial charge is 0.508 e. The van der Waals surface area contributed by atoms with Crippen LogP contribution in [0.5, 0.6) is 11.5 Å². The number of piperidine rings is 1. The lowest BCUT2D eigenvalue weighted by Gasteiger charge is -2.26. The molecule has 1 aliphatic heterocycles. The highest BCUT2D eigenvalue weighted by molar-refractivity contribution is 5.93. The van der Waals surface area contributed by atoms with E-state index in [0.717, 1.165) is 46.2 Å². The summed E-state index contributed by atoms with van der Waals surface area (Å²) in [4.78, 5) is 2.48. The zero-order valence-corrected chi connectivity index (χ0v) is 19.3. The molecule has 3 nitrogen and oxygen atoms in total. The second-order valence-corrected chi connectivity index (χ2v) is 9.08. The summed E-state index contributed by atoms with van der Waals surface area (Å²) in [7, 11) is 0. The third-order valence-electron chi connectivity index (χ3n) is 6.70. The lowest BCUT2D eigenvalue weighted by molar-refractivity contribution is 0.183. The predicted octanol–water partition coefficient (Wildman–Crippen LogP) is 6.81. The van der Waals surface area contributed by atoms with Crippen molar-refractivity contribution in [1.29, 1.82) is 0 Å². The van der Waals surface area contributed by atoms with Crippen molar-refractivity contribution in [3.05, 3.63) is 95.8 Å². The topological polar surface area (TPSA) is 32.7 Å². The minimum Gasteiger partial charge on any atom is -0.508 e. The molecule has 0 aliphatic carbocycles. The second kappa shape index (κ2) is 10.3. The summed E-state index contributed by atoms with van der Waals surface area (Å²) in [6.07, 6.45) is 4.66. The molecule has 0 atom stereocenters. The number of likely N-dealkylation sites (tertiary alicyclic amines) is 1. The molecule has 0 saturated carbocycles. The molecule has 1 heterocycles. The van der Waals surface area contributed by atoms with E-state index < -0.39 is 0 Å². The van der Waals surface area contributed by atoms with Gasteiger partial charge in [-0.3, -0.25) is 4.90 Å². The zero-order valence-electron chi connectivity index (χ0n) is 19.3. The Balaban J connectivity index is 1.36. The van der Waals surface area contributed by atoms with Crippen LogP contribution in [0.15, 0.2) is 78.9 Å². The van der Waals surface area contributed by atoms with Gasteiger partial charge in [-0.1, -0.05) is 48.9 Å². The Morgan fingerprint density at radius 2 is 1.59 bits per heavy atom. The molecule has 0 bridgehead atoms. The third-order valence-corrected chi connectivity index (χ3v) is 6.70. The van der Waals surface area contributed by atoms with Crippen LogP contribution in [0.4, 0.5) is 4.39 Å². The van der Waals surface area contributed by atoms with E-state index in [2.05, 4.69) is 23.1 Å². The fourth-order valence-electron chi connectivity index (χ4n) is 4.86. The van der Waals surface area contributed by atoms with Gasteiger partial charge in [0.05, 0.1) is 0 Å². The maximum absolute atomic E-state index is 13.5. The van der Waals surface area contributed by atoms with Crippen molar-refractivity contribution in [3.63, 3.8) is 0 Å². The van der Waals surface area contributed by atoms with Crippen LogP contribution in [0.2, 0.25) is 0 Å². The van der Waals surface area contributed by atoms with Crippen LogP contribution in [-0.2, 0) is 6.42 Å². The number of phenols is 1. The number of halogens is 1. The molecule has 4 aromatic rings. The van der Waals surface area contributed by atoms with Gasteiger partial charge >= 0.3 is 0 Å². The summed E-state index contributed by atoms with van der Waals surface area (Å²) in [5.74, 6) is 0.897. The van der Waals surface area contributed by atoms with Crippen molar-refractivity contribution < 1.29 is 14.2 Å². The average Bonchev–Trinajstić information content (AvgIpc) is 2.86. The third kappa shape index (κ3) is 5.23. The first-order valence-electron chi connectivity index (χ1n) is 12.1. The van der Waals surface area contributed by atoms with Crippen molar-refractivity contribution in [2.75, 3.05) is 26.2 Å². The molecular formula is C30H30FNO2. The number of hydrogen-bond donors (Lipinski definition) is 1. The monoisotopic (exact) mass is 455 g/mol. The molecule has 174 valence electrons. The van der Waals surface area contributed by atoms with E-state index in [1.165, 1.54) is 50.0 Å². The summed E-state index contributed by atoms with van der Waals surface area (Å²) in [6.45, 7) is 4.05. The smallest absolute Gasteiger partial charge is 0.123 e. The number of aromatic hydroxyl groups is 1. The Morgan fingerprint density at radius 3 is 2.35 bits per heavy atom. The number of ether oxygens (including phenoxy) is 1. The first-order valence-corrected chi connectivity index (χ1v) is 12.1. The first kappa shape index (κ1) is 22.4. The van der Waals surface area contributed by atoms with Gasteiger partial charge in [-0.05, 0) is 102 Å². The molecule has 0 radical (unpaired) electrons. The van der Waals surface area contributed by atoms with Crippen molar-refractivity contribution >= 4 is 10.8 Å². The van der Waals surface area contributed by atoms with E-state index in [1.807, 2.05) is 36.4 Å². The summed E-state index contributed by atoms with van der Waals surface area (Å²) in [5.41, 5.74) is 4.37. The van der Waals surface area contributed by atoms with E-state index in [1.54, 1.807) is 12.1 Å². The SMILES string of the molecule is Oc1ccc2c(Cc3ccc(OCCN4CCCCC4)cc3)c(-c3ccc(F)cc3)ccc2c1. The van der Waals surface area contributed by atoms with Crippen LogP contribution >= 0.6 is 0 Å². The van der Waals surface area contributed by atoms with E-state index >= 15 is 0 Å². The normalized spacial score (nSPS) is 14.4. The number of nitrogens with zero attached hydrogens (tertiary/aromatic N) is 1. The standard InChI is InChI=1S/C30H30FNO2/c31-25-9-6-23(7-10-25)28-14-8-24-21-26(33)11-15-29(24)30(28)20-22-4-12-27(13-5-22)34-19-18-32-16-2-1-3-17-32/h4-15,21,33H,1-3,16-20H2. The molecular weight excluding hydrogens is 425 g/mol. The van der Waals surface area contributed by atoms with Crippen molar-refractivity contribution in [2.24, 2.45) is 0 Å². The molecule has 1 fully saturated rings. The van der Waals surface area contributed by atoms with Crippen LogP contribution in [0, 0.1) is 5.82 Å². The molecule has 0 amide bonds. The summed E-state index contributed by atoms with van der Waals surface area (Å²) in [6, 6.07) is 24.5. The number of hydrogen-bond acceptors (Lipinski definition) is 3. The highest BCUT2D eigenvalue weighted by atomic mass is 19.1. The molecule has 34 heavy (non-hydrogen) atoms. The van der Waals surface area contributed by atoms with Gasteiger partial charge in [0.25, 0.3) is 0 Å². The molecule has 5 rings (SSSR count). The first-order chi connectivity index (χ1) is 16.7. The molecule has 0 unspecified atom stereocenters. The second-order valence-electron chi connectivity index (χ2n) is 9.08. The Kier molecular flexibility index (Phi) is 6.77. The maximum Gasteiger partial charge on any atom is 0.123 e. The summed E-state index contributed by atoms with van der Waals surface area (Å²) < 4.78 is 19.5. The Bertz CT molecular complexity index is 1250. The Labute approximate surface area is 200 Å². The molecule has 0 spiro atoms. The fraction of sp³-hybridized carbons (Fsp3) is 0.267. The van der Waals surface area contributed by atoms with Crippen LogP contribution in [0.3, 0.4) is 0 Å². The molecule has 0 aromatic heterocycles. The molecule has 1 saturated heterocycles. The quantitative estimate of drug-likeness (QED) is 0.332. The number of rotatable bonds is 7. The van der Waals surface area contributed by atoms with Gasteiger partial charge in [0.15, 0.2) is 0 Å². The van der Waals surface area contributed by atoms with Gasteiger partial charge in [-0.25, -0.2) is 4.39 Å². The lowest BCUT2D eigenvalue weighted by atomic mass is 9.90. The van der Waals surface area contributed by atoms with Gasteiger partial charge < -0.3 is 9.84 Å². The van der Waals surface area contributed by atoms with Crippen LogP contribution in [0.25, 0.3) is 21.9 Å². The van der Waals surface area contributed by atoms with Gasteiger partial charge in [0.1, 0.15) is 23.9 Å². The van der Waals surface area contributed by atoms with Crippen LogP contribution < -0.4 is 4.74 Å². The molecule has 4 heteroatoms. The summed E-state index contributed by atoms with van der Waals surface area (Å²) >= 11 is 0. The molecule has 4 aromatic carbocycles. The van der Waals surface area contributed by atoms with E-state index in [9.17, 15) is 9.50 Å². The van der Waals surface area contributed by atoms with Gasteiger partial charge in [-0.2, -0.15) is 0 Å². The van der Waals surface area contributed by atoms with E-state index in [-0.39, 0.29) is 11.6 Å². The van der Waals surface area contributed by atoms with Crippen LogP contribution in [-0.4, -0.2) is 36.2 Å². The number of benzene rings is 4. The van der Waals surface area contributed by atoms with Crippen LogP contribution in [0.1, 0.15) is 30.4 Å². The van der Waals surface area contributed by atoms with Crippen molar-refractivity contribution in [3.8, 4) is 22.6 Å². The average molecular weight is 456 g/mol. The number of phenolic OH excluding ortho intramolecular Hbond substituents is 1. The molecule has 1 aliphatic rings. The minimum atomic E-state index is -0.244. The Morgan fingerprint density at radius 1 is 0.824 bits per heavy atom. The van der Waals surface area contributed by atoms with Gasteiger partial charge in [-0.15, -0.1) is 0 Å². The lowest BCUT2D eigenvalue weighted by Crippen LogP contribution is -2.33. The molecule has 1 N–H and O–H groups in total. The number of fused-ring (bicyclic) bond motifs is 1. The predicted molar refractivity (Wildman–Crippen MR) is 136 cm³/mol. The van der Waals surface area contributed by atoms with E-state index in [4.69, 9.17) is 4.74 Å². The minimum absolute atomic E-state index is 0.244. The van der Waals surface area contributed by atoms with Crippen molar-refractivity contribution in [1.82, 2.24) is 4.90 Å². The maximum atomic E-state index is 13.5. The fourth-order valence-corrected chi connectivity index (χ4v) is 4.86. The highest BCUT2D eigenvalue weighted by Crippen LogP contribution is 2.34. The van der Waals surface area contributed by atoms with E-state index in [0.29, 0.717) is 6.61 Å². The van der Waals surface area contributed by atoms with Gasteiger partial charge in [0, 0.05) is 6.54 Å². The summed E-state index contributed by atoms with van der Waals surface area (Å²) in [5, 5.41) is 12.0. The Hall–Kier alpha value is -3.37. The van der Waals surface area contributed by atoms with Crippen molar-refractivity contribution in [2.45, 2.75) is 25.7 Å². The van der Waals surface area contributed by atoms with Gasteiger partial charge in [0.2, 0.25) is 0 Å².